The summed E-state index contributed by atoms with van der Waals surface area (Å²) in [6.45, 7) is 6.30. The maximum Gasteiger partial charge on any atom is 0.221 e. The highest BCUT2D eigenvalue weighted by molar-refractivity contribution is 6.16. The summed E-state index contributed by atoms with van der Waals surface area (Å²) in [7, 11) is 0. The van der Waals surface area contributed by atoms with Gasteiger partial charge in [-0.05, 0) is 43.7 Å². The van der Waals surface area contributed by atoms with Gasteiger partial charge in [0, 0.05) is 29.0 Å². The Balaban J connectivity index is 1.66. The minimum atomic E-state index is 0.904. The Hall–Kier alpha value is -4.17. The molecule has 170 valence electrons. The van der Waals surface area contributed by atoms with E-state index in [0.29, 0.717) is 0 Å². The SMILES string of the molecule is CCn1c(/C=C2/c3ccccc3C(c3ccccc3)=[N+]2CC)c2ccccc2c1-c1ccccc1. The molecule has 0 N–H and O–H groups in total. The molecule has 2 heteroatoms. The van der Waals surface area contributed by atoms with Gasteiger partial charge in [0.15, 0.2) is 0 Å². The van der Waals surface area contributed by atoms with E-state index >= 15 is 0 Å². The van der Waals surface area contributed by atoms with Crippen LogP contribution in [-0.2, 0) is 6.54 Å². The maximum atomic E-state index is 2.48. The number of hydrogen-bond donors (Lipinski definition) is 0. The van der Waals surface area contributed by atoms with E-state index in [9.17, 15) is 0 Å². The van der Waals surface area contributed by atoms with Crippen molar-refractivity contribution >= 4 is 28.3 Å². The summed E-state index contributed by atoms with van der Waals surface area (Å²) in [5.74, 6) is 0. The van der Waals surface area contributed by atoms with Gasteiger partial charge in [0.1, 0.15) is 6.54 Å². The van der Waals surface area contributed by atoms with Gasteiger partial charge in [-0.2, -0.15) is 4.58 Å². The van der Waals surface area contributed by atoms with Crippen LogP contribution < -0.4 is 0 Å². The number of rotatable bonds is 5. The van der Waals surface area contributed by atoms with E-state index in [1.165, 1.54) is 55.8 Å². The fourth-order valence-electron chi connectivity index (χ4n) is 5.56. The van der Waals surface area contributed by atoms with Crippen molar-refractivity contribution in [2.45, 2.75) is 20.4 Å². The standard InChI is InChI=1S/C33H29N2/c1-3-34-30(26-19-11-13-21-28(26)32(34)24-15-7-5-8-16-24)23-31-27-20-12-14-22-29(27)33(35(31)4-2)25-17-9-6-10-18-25/h5-23H,3-4H2,1-2H3/q+1. The molecular formula is C33H29N2+. The number of fused-ring (bicyclic) bond motifs is 2. The monoisotopic (exact) mass is 453 g/mol. The normalized spacial score (nSPS) is 14.2. The number of nitrogens with zero attached hydrogens (tertiary/aromatic N) is 2. The average molecular weight is 454 g/mol. The summed E-state index contributed by atoms with van der Waals surface area (Å²) >= 11 is 0. The lowest BCUT2D eigenvalue weighted by Gasteiger charge is -2.10. The van der Waals surface area contributed by atoms with Crippen molar-refractivity contribution in [2.75, 3.05) is 6.54 Å². The third-order valence-electron chi connectivity index (χ3n) is 7.04. The molecule has 2 nitrogen and oxygen atoms in total. The molecule has 4 aromatic carbocycles. The highest BCUT2D eigenvalue weighted by Gasteiger charge is 2.35. The summed E-state index contributed by atoms with van der Waals surface area (Å²) in [6.07, 6.45) is 2.41. The fourth-order valence-corrected chi connectivity index (χ4v) is 5.56. The van der Waals surface area contributed by atoms with Crippen LogP contribution in [0.5, 0.6) is 0 Å². The van der Waals surface area contributed by atoms with Crippen molar-refractivity contribution in [3.63, 3.8) is 0 Å². The zero-order chi connectivity index (χ0) is 23.8. The smallest absolute Gasteiger partial charge is 0.221 e. The molecule has 0 radical (unpaired) electrons. The summed E-state index contributed by atoms with van der Waals surface area (Å²) in [4.78, 5) is 0. The topological polar surface area (TPSA) is 7.94 Å². The second kappa shape index (κ2) is 8.88. The van der Waals surface area contributed by atoms with Gasteiger partial charge in [-0.15, -0.1) is 0 Å². The zero-order valence-corrected chi connectivity index (χ0v) is 20.3. The second-order valence-electron chi connectivity index (χ2n) is 8.92. The molecule has 0 saturated carbocycles. The van der Waals surface area contributed by atoms with Crippen molar-refractivity contribution in [3.8, 4) is 11.3 Å². The van der Waals surface area contributed by atoms with Gasteiger partial charge >= 0.3 is 0 Å². The summed E-state index contributed by atoms with van der Waals surface area (Å²) in [5, 5.41) is 2.59. The first-order valence-electron chi connectivity index (χ1n) is 12.5. The number of benzene rings is 4. The predicted octanol–water partition coefficient (Wildman–Crippen LogP) is 7.71. The van der Waals surface area contributed by atoms with E-state index in [4.69, 9.17) is 0 Å². The van der Waals surface area contributed by atoms with E-state index in [0.717, 1.165) is 13.1 Å². The molecule has 0 bridgehead atoms. The van der Waals surface area contributed by atoms with E-state index in [-0.39, 0.29) is 0 Å². The second-order valence-corrected chi connectivity index (χ2v) is 8.92. The third kappa shape index (κ3) is 3.45. The van der Waals surface area contributed by atoms with Crippen LogP contribution in [0.3, 0.4) is 0 Å². The van der Waals surface area contributed by atoms with Crippen molar-refractivity contribution in [1.82, 2.24) is 4.57 Å². The highest BCUT2D eigenvalue weighted by atomic mass is 15.1. The molecule has 0 saturated heterocycles. The lowest BCUT2D eigenvalue weighted by Crippen LogP contribution is -2.15. The minimum absolute atomic E-state index is 0.904. The van der Waals surface area contributed by atoms with Gasteiger partial charge in [-0.25, -0.2) is 0 Å². The Bertz CT molecular complexity index is 1580. The molecule has 2 heterocycles. The van der Waals surface area contributed by atoms with Crippen LogP contribution in [0.15, 0.2) is 109 Å². The van der Waals surface area contributed by atoms with Crippen LogP contribution in [0.25, 0.3) is 33.8 Å². The lowest BCUT2D eigenvalue weighted by molar-refractivity contribution is -0.421. The zero-order valence-electron chi connectivity index (χ0n) is 20.3. The molecule has 1 aliphatic heterocycles. The molecule has 0 unspecified atom stereocenters. The minimum Gasteiger partial charge on any atom is -0.340 e. The van der Waals surface area contributed by atoms with Gasteiger partial charge in [-0.1, -0.05) is 84.9 Å². The summed E-state index contributed by atoms with van der Waals surface area (Å²) in [5.41, 5.74) is 10.2. The Kier molecular flexibility index (Phi) is 5.42. The van der Waals surface area contributed by atoms with Crippen LogP contribution in [-0.4, -0.2) is 21.4 Å². The van der Waals surface area contributed by atoms with Gasteiger partial charge in [0.2, 0.25) is 11.4 Å². The van der Waals surface area contributed by atoms with Crippen molar-refractivity contribution in [3.05, 3.63) is 132 Å². The number of hydrogen-bond acceptors (Lipinski definition) is 0. The molecule has 1 aromatic heterocycles. The van der Waals surface area contributed by atoms with Crippen LogP contribution >= 0.6 is 0 Å². The molecule has 0 spiro atoms. The molecule has 5 aromatic rings. The van der Waals surface area contributed by atoms with Gasteiger partial charge in [-0.3, -0.25) is 0 Å². The quantitative estimate of drug-likeness (QED) is 0.241. The van der Waals surface area contributed by atoms with Crippen LogP contribution in [0.2, 0.25) is 0 Å². The molecule has 0 fully saturated rings. The Labute approximate surface area is 207 Å². The largest absolute Gasteiger partial charge is 0.340 e. The molecule has 0 amide bonds. The molecule has 1 aliphatic rings. The van der Waals surface area contributed by atoms with Crippen molar-refractivity contribution in [1.29, 1.82) is 0 Å². The first kappa shape index (κ1) is 21.4. The van der Waals surface area contributed by atoms with Crippen molar-refractivity contribution < 1.29 is 4.58 Å². The van der Waals surface area contributed by atoms with E-state index in [1.807, 2.05) is 0 Å². The van der Waals surface area contributed by atoms with Crippen LogP contribution in [0.4, 0.5) is 0 Å². The first-order valence-corrected chi connectivity index (χ1v) is 12.5. The van der Waals surface area contributed by atoms with Crippen molar-refractivity contribution in [2.24, 2.45) is 0 Å². The van der Waals surface area contributed by atoms with Gasteiger partial charge < -0.3 is 4.57 Å². The van der Waals surface area contributed by atoms with Crippen LogP contribution in [0.1, 0.15) is 36.2 Å². The lowest BCUT2D eigenvalue weighted by atomic mass is 9.99. The Morgan fingerprint density at radius 1 is 0.629 bits per heavy atom. The third-order valence-corrected chi connectivity index (χ3v) is 7.04. The average Bonchev–Trinajstić information content (AvgIpc) is 3.42. The number of aromatic nitrogens is 1. The summed E-state index contributed by atoms with van der Waals surface area (Å²) in [6, 6.07) is 39.2. The molecule has 6 rings (SSSR count). The maximum absolute atomic E-state index is 2.48. The summed E-state index contributed by atoms with van der Waals surface area (Å²) < 4.78 is 4.95. The van der Waals surface area contributed by atoms with E-state index in [1.54, 1.807) is 0 Å². The van der Waals surface area contributed by atoms with Gasteiger partial charge in [0.05, 0.1) is 22.5 Å². The fraction of sp³-hybridized carbons (Fsp3) is 0.121. The van der Waals surface area contributed by atoms with E-state index in [2.05, 4.69) is 138 Å². The Morgan fingerprint density at radius 3 is 1.86 bits per heavy atom. The first-order chi connectivity index (χ1) is 17.3. The van der Waals surface area contributed by atoms with Gasteiger partial charge in [0.25, 0.3) is 0 Å². The molecular weight excluding hydrogens is 424 g/mol. The molecule has 0 aliphatic carbocycles. The predicted molar refractivity (Wildman–Crippen MR) is 148 cm³/mol. The molecule has 35 heavy (non-hydrogen) atoms. The van der Waals surface area contributed by atoms with E-state index < -0.39 is 0 Å². The Morgan fingerprint density at radius 2 is 1.20 bits per heavy atom. The highest BCUT2D eigenvalue weighted by Crippen LogP contribution is 2.38. The van der Waals surface area contributed by atoms with Crippen LogP contribution in [0, 0.1) is 0 Å². The molecule has 0 atom stereocenters.